The van der Waals surface area contributed by atoms with Crippen molar-refractivity contribution in [3.05, 3.63) is 72.8 Å². The Morgan fingerprint density at radius 2 is 1.73 bits per heavy atom. The fourth-order valence-electron chi connectivity index (χ4n) is 8.11. The molecule has 3 aromatic rings. The second-order valence-electron chi connectivity index (χ2n) is 13.3. The molecule has 1 N–H and O–H groups in total. The number of hydrogen-bond acceptors (Lipinski definition) is 8. The van der Waals surface area contributed by atoms with E-state index in [-0.39, 0.29) is 43.5 Å². The maximum atomic E-state index is 14.9. The van der Waals surface area contributed by atoms with Crippen molar-refractivity contribution < 1.29 is 29.0 Å². The summed E-state index contributed by atoms with van der Waals surface area (Å²) in [7, 11) is 0. The maximum absolute atomic E-state index is 14.9. The summed E-state index contributed by atoms with van der Waals surface area (Å²) in [6, 6.07) is 13.1. The van der Waals surface area contributed by atoms with Gasteiger partial charge in [0.05, 0.1) is 42.2 Å². The van der Waals surface area contributed by atoms with Crippen LogP contribution in [0.25, 0.3) is 11.0 Å². The molecule has 1 unspecified atom stereocenters. The van der Waals surface area contributed by atoms with Gasteiger partial charge in [-0.15, -0.1) is 5.10 Å². The first-order valence-corrected chi connectivity index (χ1v) is 16.8. The summed E-state index contributed by atoms with van der Waals surface area (Å²) < 4.78 is 14.3. The fourth-order valence-corrected chi connectivity index (χ4v) is 8.11. The SMILES string of the molecule is CCOc1ccc(N2CC=C[C@]3(C)O[C@]45C=CCN(Cn6nnc7ccccc76)C(=O)C4N([C@@H](CO)[C@@H](C)CC)C(=O)[C@@H]5[C@@H]3C2=O)cc1. The van der Waals surface area contributed by atoms with Crippen molar-refractivity contribution in [3.63, 3.8) is 0 Å². The fraction of sp³-hybridized carbons (Fsp3) is 0.472. The molecule has 2 saturated heterocycles. The zero-order valence-electron chi connectivity index (χ0n) is 27.7. The van der Waals surface area contributed by atoms with E-state index in [9.17, 15) is 19.5 Å². The summed E-state index contributed by atoms with van der Waals surface area (Å²) in [6.07, 6.45) is 8.11. The van der Waals surface area contributed by atoms with Gasteiger partial charge in [-0.2, -0.15) is 0 Å². The van der Waals surface area contributed by atoms with Crippen LogP contribution in [0, 0.1) is 17.8 Å². The van der Waals surface area contributed by atoms with Gasteiger partial charge in [0.15, 0.2) is 0 Å². The minimum Gasteiger partial charge on any atom is -0.494 e. The molecule has 7 atom stereocenters. The third kappa shape index (κ3) is 4.83. The van der Waals surface area contributed by atoms with Crippen LogP contribution in [0.5, 0.6) is 5.75 Å². The third-order valence-corrected chi connectivity index (χ3v) is 10.6. The number of likely N-dealkylation sites (tertiary alicyclic amines) is 1. The number of rotatable bonds is 9. The van der Waals surface area contributed by atoms with Crippen LogP contribution in [0.15, 0.2) is 72.8 Å². The highest BCUT2D eigenvalue weighted by molar-refractivity contribution is 6.04. The molecule has 48 heavy (non-hydrogen) atoms. The van der Waals surface area contributed by atoms with Crippen molar-refractivity contribution in [1.29, 1.82) is 0 Å². The van der Waals surface area contributed by atoms with E-state index in [0.717, 1.165) is 5.52 Å². The molecular weight excluding hydrogens is 612 g/mol. The van der Waals surface area contributed by atoms with Gasteiger partial charge in [0.1, 0.15) is 29.6 Å². The van der Waals surface area contributed by atoms with Crippen molar-refractivity contribution in [2.24, 2.45) is 17.8 Å². The molecule has 5 heterocycles. The topological polar surface area (TPSA) is 130 Å². The van der Waals surface area contributed by atoms with Gasteiger partial charge in [-0.3, -0.25) is 14.4 Å². The molecule has 2 fully saturated rings. The number of para-hydroxylation sites is 1. The largest absolute Gasteiger partial charge is 0.494 e. The number of anilines is 1. The molecule has 252 valence electrons. The average molecular weight is 655 g/mol. The van der Waals surface area contributed by atoms with E-state index in [1.165, 1.54) is 4.90 Å². The lowest BCUT2D eigenvalue weighted by molar-refractivity contribution is -0.156. The van der Waals surface area contributed by atoms with Crippen LogP contribution in [-0.2, 0) is 25.8 Å². The number of aliphatic hydroxyl groups excluding tert-OH is 1. The first-order valence-electron chi connectivity index (χ1n) is 16.8. The molecule has 4 aliphatic heterocycles. The summed E-state index contributed by atoms with van der Waals surface area (Å²) in [5.41, 5.74) is -0.472. The molecule has 4 aliphatic rings. The first kappa shape index (κ1) is 32.0. The molecule has 12 heteroatoms. The van der Waals surface area contributed by atoms with E-state index >= 15 is 0 Å². The van der Waals surface area contributed by atoms with Crippen LogP contribution < -0.4 is 9.64 Å². The lowest BCUT2D eigenvalue weighted by Gasteiger charge is -2.41. The molecule has 0 aliphatic carbocycles. The highest BCUT2D eigenvalue weighted by Gasteiger charge is 2.75. The van der Waals surface area contributed by atoms with Crippen molar-refractivity contribution in [2.45, 2.75) is 64.1 Å². The van der Waals surface area contributed by atoms with E-state index in [1.807, 2.05) is 101 Å². The molecule has 0 saturated carbocycles. The molecular formula is C36H42N6O6. The predicted octanol–water partition coefficient (Wildman–Crippen LogP) is 3.17. The monoisotopic (exact) mass is 654 g/mol. The number of fused-ring (bicyclic) bond motifs is 3. The van der Waals surface area contributed by atoms with Gasteiger partial charge in [-0.05, 0) is 56.2 Å². The summed E-state index contributed by atoms with van der Waals surface area (Å²) in [5, 5.41) is 19.3. The quantitative estimate of drug-likeness (QED) is 0.349. The zero-order valence-corrected chi connectivity index (χ0v) is 27.7. The molecule has 1 aromatic heterocycles. The van der Waals surface area contributed by atoms with Crippen molar-refractivity contribution >= 4 is 34.4 Å². The van der Waals surface area contributed by atoms with Crippen LogP contribution in [0.2, 0.25) is 0 Å². The molecule has 2 aromatic carbocycles. The lowest BCUT2D eigenvalue weighted by Crippen LogP contribution is -2.60. The maximum Gasteiger partial charge on any atom is 0.250 e. The molecule has 3 amide bonds. The van der Waals surface area contributed by atoms with Crippen LogP contribution >= 0.6 is 0 Å². The third-order valence-electron chi connectivity index (χ3n) is 10.6. The predicted molar refractivity (Wildman–Crippen MR) is 178 cm³/mol. The number of nitrogens with zero attached hydrogens (tertiary/aromatic N) is 6. The van der Waals surface area contributed by atoms with E-state index in [1.54, 1.807) is 14.5 Å². The highest BCUT2D eigenvalue weighted by atomic mass is 16.5. The number of aromatic nitrogens is 3. The summed E-state index contributed by atoms with van der Waals surface area (Å²) in [4.78, 5) is 49.4. The van der Waals surface area contributed by atoms with E-state index in [4.69, 9.17) is 9.47 Å². The van der Waals surface area contributed by atoms with Gasteiger partial charge in [0.25, 0.3) is 5.91 Å². The van der Waals surface area contributed by atoms with Crippen molar-refractivity contribution in [2.75, 3.05) is 31.2 Å². The Balaban J connectivity index is 1.31. The Morgan fingerprint density at radius 1 is 0.979 bits per heavy atom. The molecule has 1 spiro atoms. The van der Waals surface area contributed by atoms with Crippen molar-refractivity contribution in [3.8, 4) is 5.75 Å². The lowest BCUT2D eigenvalue weighted by atomic mass is 9.74. The first-order chi connectivity index (χ1) is 23.2. The number of amides is 3. The smallest absolute Gasteiger partial charge is 0.250 e. The Bertz CT molecular complexity index is 1790. The molecule has 0 bridgehead atoms. The zero-order chi connectivity index (χ0) is 33.8. The standard InChI is InChI=1S/C36H42N6O6/c1-5-23(3)28(21-43)42-31-34(46)39(22-41-27-12-8-7-11-26(27)37-38-41)19-10-18-36(31)30(33(42)45)29-32(44)40(20-9-17-35(29,4)48-36)24-13-15-25(16-14-24)47-6-2/h7-18,23,28-31,43H,5-6,19-22H2,1-4H3/t23-,28-,29+,30-,31?,35-,36-/m0/s1. The number of carbonyl (C=O) groups excluding carboxylic acids is 3. The summed E-state index contributed by atoms with van der Waals surface area (Å²) in [6.45, 7) is 8.51. The van der Waals surface area contributed by atoms with Crippen LogP contribution in [0.3, 0.4) is 0 Å². The van der Waals surface area contributed by atoms with Crippen LogP contribution in [0.1, 0.15) is 34.1 Å². The van der Waals surface area contributed by atoms with Crippen LogP contribution in [-0.4, -0.2) is 97.2 Å². The second-order valence-corrected chi connectivity index (χ2v) is 13.3. The molecule has 12 nitrogen and oxygen atoms in total. The van der Waals surface area contributed by atoms with Gasteiger partial charge >= 0.3 is 0 Å². The van der Waals surface area contributed by atoms with E-state index < -0.39 is 35.1 Å². The van der Waals surface area contributed by atoms with Gasteiger partial charge in [-0.25, -0.2) is 4.68 Å². The second kappa shape index (κ2) is 12.2. The average Bonchev–Trinajstić information content (AvgIpc) is 3.62. The number of aliphatic hydroxyl groups is 1. The minimum atomic E-state index is -1.45. The summed E-state index contributed by atoms with van der Waals surface area (Å²) in [5.74, 6) is -2.32. The molecule has 7 rings (SSSR count). The van der Waals surface area contributed by atoms with E-state index in [2.05, 4.69) is 10.3 Å². The Labute approximate surface area is 279 Å². The normalized spacial score (nSPS) is 29.5. The Kier molecular flexibility index (Phi) is 8.11. The highest BCUT2D eigenvalue weighted by Crippen LogP contribution is 2.58. The summed E-state index contributed by atoms with van der Waals surface area (Å²) >= 11 is 0. The molecule has 0 radical (unpaired) electrons. The van der Waals surface area contributed by atoms with Crippen LogP contribution in [0.4, 0.5) is 5.69 Å². The minimum absolute atomic E-state index is 0.0983. The Morgan fingerprint density at radius 3 is 2.46 bits per heavy atom. The number of ether oxygens (including phenoxy) is 2. The van der Waals surface area contributed by atoms with Crippen molar-refractivity contribution in [1.82, 2.24) is 24.8 Å². The van der Waals surface area contributed by atoms with Gasteiger partial charge in [-0.1, -0.05) is 61.9 Å². The van der Waals surface area contributed by atoms with Gasteiger partial charge in [0.2, 0.25) is 11.8 Å². The Hall–Kier alpha value is -4.55. The number of benzene rings is 2. The number of carbonyl (C=O) groups is 3. The number of hydrogen-bond donors (Lipinski definition) is 1. The van der Waals surface area contributed by atoms with Gasteiger partial charge < -0.3 is 29.3 Å². The van der Waals surface area contributed by atoms with Gasteiger partial charge in [0, 0.05) is 18.8 Å². The van der Waals surface area contributed by atoms with E-state index in [0.29, 0.717) is 36.5 Å².